The number of hydrogen-bond donors (Lipinski definition) is 1. The van der Waals surface area contributed by atoms with Gasteiger partial charge < -0.3 is 10.2 Å². The molecule has 1 amide bonds. The van der Waals surface area contributed by atoms with Crippen molar-refractivity contribution in [3.05, 3.63) is 29.8 Å². The quantitative estimate of drug-likeness (QED) is 0.920. The highest BCUT2D eigenvalue weighted by atomic mass is 32.2. The van der Waals surface area contributed by atoms with E-state index in [0.717, 1.165) is 5.69 Å². The zero-order chi connectivity index (χ0) is 15.6. The molecule has 0 bridgehead atoms. The normalized spacial score (nSPS) is 20.5. The Morgan fingerprint density at radius 2 is 2.00 bits per heavy atom. The smallest absolute Gasteiger partial charge is 0.255 e. The average Bonchev–Trinajstić information content (AvgIpc) is 2.77. The van der Waals surface area contributed by atoms with Crippen molar-refractivity contribution in [1.29, 1.82) is 0 Å². The van der Waals surface area contributed by atoms with Crippen LogP contribution < -0.4 is 5.32 Å². The number of carbonyl (C=O) groups is 1. The van der Waals surface area contributed by atoms with Gasteiger partial charge in [0.15, 0.2) is 9.84 Å². The summed E-state index contributed by atoms with van der Waals surface area (Å²) in [6.07, 6.45) is 0.518. The van der Waals surface area contributed by atoms with Crippen molar-refractivity contribution in [3.63, 3.8) is 0 Å². The predicted molar refractivity (Wildman–Crippen MR) is 84.4 cm³/mol. The van der Waals surface area contributed by atoms with E-state index < -0.39 is 9.84 Å². The van der Waals surface area contributed by atoms with Gasteiger partial charge in [0, 0.05) is 24.8 Å². The lowest BCUT2D eigenvalue weighted by atomic mass is 10.1. The third kappa shape index (κ3) is 3.75. The van der Waals surface area contributed by atoms with Crippen LogP contribution in [0.15, 0.2) is 24.3 Å². The molecule has 0 aliphatic carbocycles. The molecular formula is C15H22N2O3S. The maximum absolute atomic E-state index is 12.6. The third-order valence-corrected chi connectivity index (χ3v) is 5.43. The molecule has 1 N–H and O–H groups in total. The molecule has 1 aromatic carbocycles. The first-order valence-corrected chi connectivity index (χ1v) is 8.95. The fourth-order valence-electron chi connectivity index (χ4n) is 2.54. The highest BCUT2D eigenvalue weighted by Gasteiger charge is 2.33. The summed E-state index contributed by atoms with van der Waals surface area (Å²) in [5, 5.41) is 3.25. The summed E-state index contributed by atoms with van der Waals surface area (Å²) >= 11 is 0. The number of rotatable bonds is 4. The fourth-order valence-corrected chi connectivity index (χ4v) is 4.32. The number of para-hydroxylation sites is 1. The van der Waals surface area contributed by atoms with Crippen molar-refractivity contribution in [2.24, 2.45) is 0 Å². The molecule has 21 heavy (non-hydrogen) atoms. The Kier molecular flexibility index (Phi) is 4.56. The van der Waals surface area contributed by atoms with E-state index in [2.05, 4.69) is 5.32 Å². The Morgan fingerprint density at radius 1 is 1.33 bits per heavy atom. The Balaban J connectivity index is 2.20. The molecule has 1 aromatic rings. The molecule has 1 heterocycles. The second kappa shape index (κ2) is 6.05. The van der Waals surface area contributed by atoms with E-state index in [1.165, 1.54) is 0 Å². The molecule has 0 radical (unpaired) electrons. The van der Waals surface area contributed by atoms with Crippen molar-refractivity contribution in [3.8, 4) is 0 Å². The number of carbonyl (C=O) groups excluding carboxylic acids is 1. The highest BCUT2D eigenvalue weighted by molar-refractivity contribution is 7.91. The summed E-state index contributed by atoms with van der Waals surface area (Å²) in [4.78, 5) is 14.2. The molecule has 1 aliphatic heterocycles. The molecule has 5 nitrogen and oxygen atoms in total. The highest BCUT2D eigenvalue weighted by Crippen LogP contribution is 2.22. The number of sulfone groups is 1. The van der Waals surface area contributed by atoms with Gasteiger partial charge in [-0.05, 0) is 32.4 Å². The van der Waals surface area contributed by atoms with Gasteiger partial charge in [-0.25, -0.2) is 8.42 Å². The van der Waals surface area contributed by atoms with Crippen molar-refractivity contribution >= 4 is 21.4 Å². The molecule has 0 saturated carbocycles. The standard InChI is InChI=1S/C15H22N2O3S/c1-11(2)16-14-7-5-4-6-13(14)15(18)17(3)12-8-9-21(19,20)10-12/h4-7,11-12,16H,8-10H2,1-3H3. The molecule has 1 atom stereocenters. The molecular weight excluding hydrogens is 288 g/mol. The lowest BCUT2D eigenvalue weighted by molar-refractivity contribution is 0.0748. The van der Waals surface area contributed by atoms with Gasteiger partial charge in [-0.2, -0.15) is 0 Å². The van der Waals surface area contributed by atoms with Crippen molar-refractivity contribution in [2.75, 3.05) is 23.9 Å². The van der Waals surface area contributed by atoms with Crippen LogP contribution in [0.3, 0.4) is 0 Å². The van der Waals surface area contributed by atoms with Gasteiger partial charge in [0.25, 0.3) is 5.91 Å². The van der Waals surface area contributed by atoms with Gasteiger partial charge >= 0.3 is 0 Å². The zero-order valence-corrected chi connectivity index (χ0v) is 13.5. The summed E-state index contributed by atoms with van der Waals surface area (Å²) in [5.74, 6) is 0.0942. The topological polar surface area (TPSA) is 66.5 Å². The van der Waals surface area contributed by atoms with Crippen molar-refractivity contribution in [2.45, 2.75) is 32.4 Å². The molecule has 6 heteroatoms. The van der Waals surface area contributed by atoms with Gasteiger partial charge in [-0.15, -0.1) is 0 Å². The van der Waals surface area contributed by atoms with Crippen LogP contribution in [0.4, 0.5) is 5.69 Å². The van der Waals surface area contributed by atoms with Crippen molar-refractivity contribution in [1.82, 2.24) is 4.90 Å². The monoisotopic (exact) mass is 310 g/mol. The molecule has 1 unspecified atom stereocenters. The van der Waals surface area contributed by atoms with Crippen LogP contribution in [0, 0.1) is 0 Å². The maximum atomic E-state index is 12.6. The molecule has 1 fully saturated rings. The zero-order valence-electron chi connectivity index (χ0n) is 12.7. The molecule has 1 saturated heterocycles. The Hall–Kier alpha value is -1.56. The van der Waals surface area contributed by atoms with Gasteiger partial charge in [0.05, 0.1) is 17.1 Å². The van der Waals surface area contributed by atoms with E-state index in [4.69, 9.17) is 0 Å². The summed E-state index contributed by atoms with van der Waals surface area (Å²) in [6.45, 7) is 4.02. The summed E-state index contributed by atoms with van der Waals surface area (Å²) in [5.41, 5.74) is 1.36. The predicted octanol–water partition coefficient (Wildman–Crippen LogP) is 1.77. The molecule has 116 valence electrons. The molecule has 2 rings (SSSR count). The largest absolute Gasteiger partial charge is 0.382 e. The Morgan fingerprint density at radius 3 is 2.57 bits per heavy atom. The molecule has 0 aromatic heterocycles. The minimum Gasteiger partial charge on any atom is -0.382 e. The molecule has 1 aliphatic rings. The lowest BCUT2D eigenvalue weighted by Gasteiger charge is -2.25. The Labute approximate surface area is 126 Å². The van der Waals surface area contributed by atoms with E-state index in [0.29, 0.717) is 12.0 Å². The first kappa shape index (κ1) is 15.8. The summed E-state index contributed by atoms with van der Waals surface area (Å²) in [6, 6.07) is 7.32. The number of anilines is 1. The van der Waals surface area contributed by atoms with E-state index in [9.17, 15) is 13.2 Å². The lowest BCUT2D eigenvalue weighted by Crippen LogP contribution is -2.38. The maximum Gasteiger partial charge on any atom is 0.255 e. The summed E-state index contributed by atoms with van der Waals surface area (Å²) < 4.78 is 23.1. The average molecular weight is 310 g/mol. The molecule has 0 spiro atoms. The number of benzene rings is 1. The van der Waals surface area contributed by atoms with Crippen LogP contribution in [0.2, 0.25) is 0 Å². The van der Waals surface area contributed by atoms with Gasteiger partial charge in [0.2, 0.25) is 0 Å². The van der Waals surface area contributed by atoms with Crippen LogP contribution in [0.1, 0.15) is 30.6 Å². The number of nitrogens with zero attached hydrogens (tertiary/aromatic N) is 1. The first-order chi connectivity index (χ1) is 9.80. The first-order valence-electron chi connectivity index (χ1n) is 7.13. The van der Waals surface area contributed by atoms with Crippen LogP contribution in [0.25, 0.3) is 0 Å². The van der Waals surface area contributed by atoms with Crippen LogP contribution in [-0.2, 0) is 9.84 Å². The van der Waals surface area contributed by atoms with Crippen LogP contribution >= 0.6 is 0 Å². The van der Waals surface area contributed by atoms with Gasteiger partial charge in [0.1, 0.15) is 0 Å². The van der Waals surface area contributed by atoms with Gasteiger partial charge in [-0.3, -0.25) is 4.79 Å². The van der Waals surface area contributed by atoms with Gasteiger partial charge in [-0.1, -0.05) is 12.1 Å². The van der Waals surface area contributed by atoms with Crippen LogP contribution in [-0.4, -0.2) is 49.9 Å². The van der Waals surface area contributed by atoms with Crippen molar-refractivity contribution < 1.29 is 13.2 Å². The second-order valence-electron chi connectivity index (χ2n) is 5.82. The Bertz CT molecular complexity index is 626. The third-order valence-electron chi connectivity index (χ3n) is 3.68. The number of hydrogen-bond acceptors (Lipinski definition) is 4. The SMILES string of the molecule is CC(C)Nc1ccccc1C(=O)N(C)C1CCS(=O)(=O)C1. The van der Waals surface area contributed by atoms with Crippen LogP contribution in [0.5, 0.6) is 0 Å². The minimum absolute atomic E-state index is 0.0645. The second-order valence-corrected chi connectivity index (χ2v) is 8.05. The van der Waals surface area contributed by atoms with E-state index in [1.54, 1.807) is 18.0 Å². The number of amides is 1. The summed E-state index contributed by atoms with van der Waals surface area (Å²) in [7, 11) is -1.31. The minimum atomic E-state index is -2.99. The fraction of sp³-hybridized carbons (Fsp3) is 0.533. The van der Waals surface area contributed by atoms with E-state index >= 15 is 0 Å². The van der Waals surface area contributed by atoms with E-state index in [1.807, 2.05) is 32.0 Å². The number of nitrogens with one attached hydrogen (secondary N) is 1. The van der Waals surface area contributed by atoms with E-state index in [-0.39, 0.29) is 29.5 Å².